The fraction of sp³-hybridized carbons (Fsp3) is 0.280. The first-order valence-electron chi connectivity index (χ1n) is 10.7. The maximum atomic E-state index is 13.0. The maximum Gasteiger partial charge on any atom is 0.254 e. The molecule has 0 atom stereocenters. The molecule has 0 bridgehead atoms. The van der Waals surface area contributed by atoms with E-state index in [2.05, 4.69) is 16.0 Å². The number of ether oxygens (including phenoxy) is 3. The fourth-order valence-corrected chi connectivity index (χ4v) is 4.04. The number of benzene rings is 2. The molecule has 164 valence electrons. The van der Waals surface area contributed by atoms with Crippen LogP contribution in [0.15, 0.2) is 60.8 Å². The van der Waals surface area contributed by atoms with Crippen molar-refractivity contribution in [3.05, 3.63) is 77.5 Å². The first-order chi connectivity index (χ1) is 15.7. The van der Waals surface area contributed by atoms with Crippen LogP contribution in [0.2, 0.25) is 0 Å². The highest BCUT2D eigenvalue weighted by Crippen LogP contribution is 2.36. The lowest BCUT2D eigenvalue weighted by atomic mass is 10.1. The molecule has 0 saturated carbocycles. The van der Waals surface area contributed by atoms with E-state index in [0.29, 0.717) is 45.0 Å². The second-order valence-electron chi connectivity index (χ2n) is 7.85. The minimum absolute atomic E-state index is 0.0119. The molecule has 7 heteroatoms. The van der Waals surface area contributed by atoms with Crippen molar-refractivity contribution in [2.45, 2.75) is 13.1 Å². The molecule has 1 fully saturated rings. The van der Waals surface area contributed by atoms with Crippen LogP contribution >= 0.6 is 0 Å². The molecule has 3 aromatic rings. The van der Waals surface area contributed by atoms with Crippen LogP contribution in [0.4, 0.5) is 5.82 Å². The van der Waals surface area contributed by atoms with Crippen molar-refractivity contribution in [1.82, 2.24) is 9.88 Å². The second kappa shape index (κ2) is 8.88. The first-order valence-corrected chi connectivity index (χ1v) is 10.7. The molecular weight excluding hydrogens is 406 g/mol. The van der Waals surface area contributed by atoms with E-state index >= 15 is 0 Å². The minimum Gasteiger partial charge on any atom is -0.497 e. The van der Waals surface area contributed by atoms with Crippen LogP contribution in [0, 0.1) is 0 Å². The smallest absolute Gasteiger partial charge is 0.254 e. The highest BCUT2D eigenvalue weighted by atomic mass is 16.5. The average molecular weight is 431 g/mol. The molecule has 0 N–H and O–H groups in total. The first kappa shape index (κ1) is 20.3. The quantitative estimate of drug-likeness (QED) is 0.627. The second-order valence-corrected chi connectivity index (χ2v) is 7.85. The number of amides is 1. The number of rotatable bonds is 3. The zero-order chi connectivity index (χ0) is 21.9. The van der Waals surface area contributed by atoms with Gasteiger partial charge in [0.05, 0.1) is 20.3 Å². The van der Waals surface area contributed by atoms with Gasteiger partial charge in [-0.05, 0) is 30.3 Å². The van der Waals surface area contributed by atoms with Gasteiger partial charge in [0.15, 0.2) is 0 Å². The van der Waals surface area contributed by atoms with E-state index < -0.39 is 0 Å². The third kappa shape index (κ3) is 4.11. The summed E-state index contributed by atoms with van der Waals surface area (Å²) >= 11 is 0. The summed E-state index contributed by atoms with van der Waals surface area (Å²) in [5.74, 6) is 3.05. The number of fused-ring (bicyclic) bond motifs is 2. The number of hydrogen-bond acceptors (Lipinski definition) is 6. The van der Waals surface area contributed by atoms with Gasteiger partial charge in [0.25, 0.3) is 5.91 Å². The van der Waals surface area contributed by atoms with E-state index in [1.807, 2.05) is 47.4 Å². The maximum absolute atomic E-state index is 13.0. The third-order valence-electron chi connectivity index (χ3n) is 5.80. The van der Waals surface area contributed by atoms with Crippen molar-refractivity contribution >= 4 is 11.7 Å². The average Bonchev–Trinajstić information content (AvgIpc) is 2.84. The zero-order valence-electron chi connectivity index (χ0n) is 18.0. The molecule has 0 spiro atoms. The van der Waals surface area contributed by atoms with Crippen molar-refractivity contribution in [2.75, 3.05) is 38.3 Å². The Morgan fingerprint density at radius 3 is 2.56 bits per heavy atom. The van der Waals surface area contributed by atoms with Gasteiger partial charge in [-0.3, -0.25) is 4.79 Å². The third-order valence-corrected chi connectivity index (χ3v) is 5.80. The molecule has 7 nitrogen and oxygen atoms in total. The van der Waals surface area contributed by atoms with Crippen LogP contribution in [0.5, 0.6) is 17.2 Å². The Morgan fingerprint density at radius 2 is 1.75 bits per heavy atom. The summed E-state index contributed by atoms with van der Waals surface area (Å²) in [6.45, 7) is 3.58. The summed E-state index contributed by atoms with van der Waals surface area (Å²) in [6, 6.07) is 17.5. The number of carbonyl (C=O) groups excluding carboxylic acids is 1. The molecular formula is C25H25N3O4. The molecule has 0 aliphatic carbocycles. The van der Waals surface area contributed by atoms with Crippen molar-refractivity contribution in [1.29, 1.82) is 0 Å². The Kier molecular flexibility index (Phi) is 5.64. The van der Waals surface area contributed by atoms with Gasteiger partial charge in [-0.2, -0.15) is 0 Å². The van der Waals surface area contributed by atoms with Crippen LogP contribution in [-0.2, 0) is 17.8 Å². The van der Waals surface area contributed by atoms with E-state index in [1.54, 1.807) is 19.4 Å². The van der Waals surface area contributed by atoms with Crippen LogP contribution in [0.1, 0.15) is 21.5 Å². The number of carbonyl (C=O) groups is 1. The minimum atomic E-state index is 0.0119. The Labute approximate surface area is 187 Å². The molecule has 32 heavy (non-hydrogen) atoms. The summed E-state index contributed by atoms with van der Waals surface area (Å²) in [5, 5.41) is 0. The van der Waals surface area contributed by atoms with E-state index in [-0.39, 0.29) is 5.91 Å². The predicted octanol–water partition coefficient (Wildman–Crippen LogP) is 3.88. The Hall–Kier alpha value is -3.58. The summed E-state index contributed by atoms with van der Waals surface area (Å²) in [6.07, 6.45) is 1.71. The number of anilines is 1. The number of hydrogen-bond donors (Lipinski definition) is 0. The lowest BCUT2D eigenvalue weighted by Gasteiger charge is -2.30. The van der Waals surface area contributed by atoms with Gasteiger partial charge in [-0.15, -0.1) is 0 Å². The largest absolute Gasteiger partial charge is 0.497 e. The zero-order valence-corrected chi connectivity index (χ0v) is 18.0. The van der Waals surface area contributed by atoms with Crippen LogP contribution in [-0.4, -0.2) is 49.2 Å². The number of morpholine rings is 1. The predicted molar refractivity (Wildman–Crippen MR) is 120 cm³/mol. The van der Waals surface area contributed by atoms with Gasteiger partial charge in [-0.1, -0.05) is 18.2 Å². The van der Waals surface area contributed by atoms with Crippen LogP contribution in [0.25, 0.3) is 0 Å². The van der Waals surface area contributed by atoms with Crippen molar-refractivity contribution in [2.24, 2.45) is 0 Å². The molecule has 2 aromatic carbocycles. The van der Waals surface area contributed by atoms with E-state index in [4.69, 9.17) is 14.2 Å². The molecule has 2 aliphatic heterocycles. The molecule has 2 aliphatic rings. The van der Waals surface area contributed by atoms with E-state index in [1.165, 1.54) is 0 Å². The number of para-hydroxylation sites is 1. The normalized spacial score (nSPS) is 15.7. The topological polar surface area (TPSA) is 64.1 Å². The highest BCUT2D eigenvalue weighted by molar-refractivity contribution is 5.95. The van der Waals surface area contributed by atoms with Crippen molar-refractivity contribution < 1.29 is 19.0 Å². The van der Waals surface area contributed by atoms with E-state index in [0.717, 1.165) is 34.2 Å². The van der Waals surface area contributed by atoms with Crippen molar-refractivity contribution in [3.63, 3.8) is 0 Å². The summed E-state index contributed by atoms with van der Waals surface area (Å²) in [7, 11) is 1.64. The summed E-state index contributed by atoms with van der Waals surface area (Å²) in [5.41, 5.74) is 2.71. The van der Waals surface area contributed by atoms with Gasteiger partial charge < -0.3 is 24.0 Å². The number of methoxy groups -OCH3 is 1. The Balaban J connectivity index is 1.50. The van der Waals surface area contributed by atoms with Gasteiger partial charge >= 0.3 is 0 Å². The molecule has 5 rings (SSSR count). The van der Waals surface area contributed by atoms with Gasteiger partial charge in [-0.25, -0.2) is 4.98 Å². The molecule has 1 amide bonds. The SMILES string of the molecule is COc1ccc2c(c1)Oc1ccccc1CN(c1cc(C(=O)N3CCOCC3)ccn1)C2. The number of aromatic nitrogens is 1. The van der Waals surface area contributed by atoms with Gasteiger partial charge in [0.1, 0.15) is 23.1 Å². The van der Waals surface area contributed by atoms with E-state index in [9.17, 15) is 4.79 Å². The monoisotopic (exact) mass is 431 g/mol. The Morgan fingerprint density at radius 1 is 0.969 bits per heavy atom. The lowest BCUT2D eigenvalue weighted by Crippen LogP contribution is -2.40. The molecule has 0 radical (unpaired) electrons. The number of pyridine rings is 1. The molecule has 0 unspecified atom stereocenters. The standard InChI is InChI=1S/C25H25N3O4/c1-30-21-7-6-20-17-28(16-19-4-2-3-5-22(19)32-23(20)15-21)24-14-18(8-9-26-24)25(29)27-10-12-31-13-11-27/h2-9,14-15H,10-13,16-17H2,1H3. The molecule has 1 aromatic heterocycles. The van der Waals surface area contributed by atoms with Crippen molar-refractivity contribution in [3.8, 4) is 17.2 Å². The summed E-state index contributed by atoms with van der Waals surface area (Å²) < 4.78 is 17.0. The van der Waals surface area contributed by atoms with Crippen LogP contribution < -0.4 is 14.4 Å². The molecule has 1 saturated heterocycles. The number of nitrogens with zero attached hydrogens (tertiary/aromatic N) is 3. The highest BCUT2D eigenvalue weighted by Gasteiger charge is 2.23. The molecule has 3 heterocycles. The Bertz CT molecular complexity index is 1130. The van der Waals surface area contributed by atoms with Crippen LogP contribution in [0.3, 0.4) is 0 Å². The van der Waals surface area contributed by atoms with Gasteiger partial charge in [0, 0.05) is 55.1 Å². The van der Waals surface area contributed by atoms with Gasteiger partial charge in [0.2, 0.25) is 0 Å². The lowest BCUT2D eigenvalue weighted by molar-refractivity contribution is 0.0303. The fourth-order valence-electron chi connectivity index (χ4n) is 4.04. The summed E-state index contributed by atoms with van der Waals surface area (Å²) in [4.78, 5) is 21.6.